The molecule has 2 heterocycles. The number of carbonyl (C=O) groups excluding carboxylic acids is 8. The number of hydrogen-bond donors (Lipinski definition) is 14. The van der Waals surface area contributed by atoms with E-state index in [1.165, 1.54) is 17.4 Å². The zero-order valence-electron chi connectivity index (χ0n) is 35.1. The molecule has 1 aromatic rings. The summed E-state index contributed by atoms with van der Waals surface area (Å²) in [7, 11) is 0. The number of imidazole rings is 1. The van der Waals surface area contributed by atoms with E-state index in [0.29, 0.717) is 18.5 Å². The number of nitrogens with one attached hydrogen (secondary N) is 8. The fourth-order valence-electron chi connectivity index (χ4n) is 6.22. The SMILES string of the molecule is CC[C@H](C)[C@H](NC(=O)[C@H](Cc1cnc[nH]1)NC(=O)[C@H](CO)NC(=O)[C@@H](N)CS)C(=O)N[C@@H](CC(C)C)C(=O)NCC(=O)N1CCC[C@H]1C(=O)N[C@@H](CO)C(=O)N[C@@H](CS)C(=O)O. The minimum absolute atomic E-state index is 0.0400. The number of aromatic amines is 1. The molecule has 9 atom stereocenters. The van der Waals surface area contributed by atoms with Crippen molar-refractivity contribution in [3.63, 3.8) is 0 Å². The first-order valence-corrected chi connectivity index (χ1v) is 21.4. The second-order valence-corrected chi connectivity index (χ2v) is 16.0. The van der Waals surface area contributed by atoms with Crippen LogP contribution in [0.3, 0.4) is 0 Å². The summed E-state index contributed by atoms with van der Waals surface area (Å²) < 4.78 is 0. The zero-order chi connectivity index (χ0) is 46.7. The maximum Gasteiger partial charge on any atom is 0.327 e. The third-order valence-electron chi connectivity index (χ3n) is 10.00. The molecule has 0 saturated carbocycles. The molecule has 0 aliphatic carbocycles. The Kier molecular flexibility index (Phi) is 22.7. The number of likely N-dealkylation sites (tertiary alicyclic amines) is 1. The maximum atomic E-state index is 13.9. The average molecular weight is 916 g/mol. The van der Waals surface area contributed by atoms with Crippen molar-refractivity contribution in [2.45, 2.75) is 108 Å². The van der Waals surface area contributed by atoms with Crippen LogP contribution >= 0.6 is 25.3 Å². The fraction of sp³-hybridized carbons (Fsp3) is 0.676. The standard InChI is InChI=1S/C37H61N11O12S2/c1-5-19(4)29(47-32(54)23(10-20-11-39-17-41-20)42-33(55)24(13-49)44-30(52)21(38)15-61)36(58)43-22(9-18(2)3)31(53)40-12-28(51)48-8-6-7-27(48)35(57)45-25(14-50)34(56)46-26(16-62)37(59)60/h11,17-19,21-27,29,49-50,61-62H,5-10,12-16,38H2,1-4H3,(H,39,41)(H,40,53)(H,42,55)(H,43,58)(H,44,52)(H,45,57)(H,46,56)(H,47,54)(H,59,60)/t19-,21-,22-,23-,24-,25-,26-,27-,29-/m0/s1. The molecular weight excluding hydrogens is 855 g/mol. The van der Waals surface area contributed by atoms with Crippen molar-refractivity contribution in [2.24, 2.45) is 17.6 Å². The van der Waals surface area contributed by atoms with E-state index in [9.17, 15) is 58.5 Å². The molecule has 0 aromatic carbocycles. The lowest BCUT2D eigenvalue weighted by atomic mass is 9.96. The van der Waals surface area contributed by atoms with Crippen LogP contribution in [0.25, 0.3) is 0 Å². The number of nitrogens with two attached hydrogens (primary N) is 1. The number of carbonyl (C=O) groups is 9. The number of aliphatic hydroxyl groups is 2. The molecule has 1 aromatic heterocycles. The van der Waals surface area contributed by atoms with E-state index in [1.807, 2.05) is 0 Å². The Balaban J connectivity index is 2.19. The Morgan fingerprint density at radius 3 is 1.92 bits per heavy atom. The number of aliphatic hydroxyl groups excluding tert-OH is 2. The van der Waals surface area contributed by atoms with E-state index >= 15 is 0 Å². The van der Waals surface area contributed by atoms with Gasteiger partial charge in [0.15, 0.2) is 0 Å². The van der Waals surface area contributed by atoms with Gasteiger partial charge in [0.1, 0.15) is 42.3 Å². The van der Waals surface area contributed by atoms with Crippen LogP contribution in [0.4, 0.5) is 0 Å². The number of amides is 8. The lowest BCUT2D eigenvalue weighted by molar-refractivity contribution is -0.142. The lowest BCUT2D eigenvalue weighted by Crippen LogP contribution is -2.61. The molecular formula is C37H61N11O12S2. The highest BCUT2D eigenvalue weighted by Crippen LogP contribution is 2.18. The number of carboxylic acids is 1. The van der Waals surface area contributed by atoms with Gasteiger partial charge < -0.3 is 68.2 Å². The topological polar surface area (TPSA) is 356 Å². The fourth-order valence-corrected chi connectivity index (χ4v) is 6.63. The summed E-state index contributed by atoms with van der Waals surface area (Å²) in [5, 5.41) is 46.0. The number of H-pyrrole nitrogens is 1. The van der Waals surface area contributed by atoms with E-state index in [-0.39, 0.29) is 43.2 Å². The third kappa shape index (κ3) is 16.4. The largest absolute Gasteiger partial charge is 0.480 e. The van der Waals surface area contributed by atoms with Gasteiger partial charge >= 0.3 is 5.97 Å². The number of aromatic nitrogens is 2. The van der Waals surface area contributed by atoms with E-state index < -0.39 is 127 Å². The number of carboxylic acid groups (broad SMARTS) is 1. The second kappa shape index (κ2) is 26.5. The molecule has 2 rings (SSSR count). The van der Waals surface area contributed by atoms with Gasteiger partial charge in [-0.15, -0.1) is 0 Å². The summed E-state index contributed by atoms with van der Waals surface area (Å²) in [6.45, 7) is 4.94. The van der Waals surface area contributed by atoms with Gasteiger partial charge in [0.05, 0.1) is 32.1 Å². The van der Waals surface area contributed by atoms with Crippen LogP contribution in [-0.4, -0.2) is 170 Å². The molecule has 62 heavy (non-hydrogen) atoms. The highest BCUT2D eigenvalue weighted by Gasteiger charge is 2.38. The molecule has 1 aliphatic heterocycles. The van der Waals surface area contributed by atoms with E-state index in [0.717, 1.165) is 0 Å². The Hall–Kier alpha value is -4.98. The minimum atomic E-state index is -1.52. The number of thiol groups is 2. The highest BCUT2D eigenvalue weighted by molar-refractivity contribution is 7.80. The van der Waals surface area contributed by atoms with Gasteiger partial charge in [-0.2, -0.15) is 25.3 Å². The van der Waals surface area contributed by atoms with Crippen molar-refractivity contribution in [3.05, 3.63) is 18.2 Å². The van der Waals surface area contributed by atoms with Crippen LogP contribution in [0.2, 0.25) is 0 Å². The maximum absolute atomic E-state index is 13.9. The molecule has 348 valence electrons. The zero-order valence-corrected chi connectivity index (χ0v) is 36.9. The van der Waals surface area contributed by atoms with Crippen LogP contribution in [-0.2, 0) is 49.6 Å². The average Bonchev–Trinajstić information content (AvgIpc) is 3.96. The number of aliphatic carboxylic acids is 1. The summed E-state index contributed by atoms with van der Waals surface area (Å²) in [4.78, 5) is 125. The first-order valence-electron chi connectivity index (χ1n) is 20.1. The van der Waals surface area contributed by atoms with Crippen molar-refractivity contribution in [2.75, 3.05) is 37.8 Å². The van der Waals surface area contributed by atoms with Gasteiger partial charge in [0, 0.05) is 36.4 Å². The van der Waals surface area contributed by atoms with E-state index in [2.05, 4.69) is 72.4 Å². The second-order valence-electron chi connectivity index (χ2n) is 15.2. The number of nitrogens with zero attached hydrogens (tertiary/aromatic N) is 2. The lowest BCUT2D eigenvalue weighted by Gasteiger charge is -2.29. The molecule has 23 nitrogen and oxygen atoms in total. The summed E-state index contributed by atoms with van der Waals surface area (Å²) >= 11 is 7.84. The Morgan fingerprint density at radius 1 is 0.806 bits per heavy atom. The molecule has 0 spiro atoms. The molecule has 8 amide bonds. The van der Waals surface area contributed by atoms with Gasteiger partial charge in [0.25, 0.3) is 0 Å². The van der Waals surface area contributed by atoms with Crippen LogP contribution in [0.5, 0.6) is 0 Å². The minimum Gasteiger partial charge on any atom is -0.480 e. The quantitative estimate of drug-likeness (QED) is 0.0389. The van der Waals surface area contributed by atoms with Crippen LogP contribution in [0.15, 0.2) is 12.5 Å². The Bertz CT molecular complexity index is 1710. The van der Waals surface area contributed by atoms with Crippen molar-refractivity contribution in [3.8, 4) is 0 Å². The molecule has 25 heteroatoms. The Labute approximate surface area is 369 Å². The smallest absolute Gasteiger partial charge is 0.327 e. The van der Waals surface area contributed by atoms with Crippen molar-refractivity contribution in [1.29, 1.82) is 0 Å². The van der Waals surface area contributed by atoms with Gasteiger partial charge in [-0.1, -0.05) is 34.1 Å². The summed E-state index contributed by atoms with van der Waals surface area (Å²) in [6, 6.07) is -10.3. The monoisotopic (exact) mass is 915 g/mol. The van der Waals surface area contributed by atoms with E-state index in [4.69, 9.17) is 5.73 Å². The Morgan fingerprint density at radius 2 is 1.39 bits per heavy atom. The van der Waals surface area contributed by atoms with Crippen LogP contribution in [0, 0.1) is 11.8 Å². The summed E-state index contributed by atoms with van der Waals surface area (Å²) in [6.07, 6.45) is 3.74. The first kappa shape index (κ1) is 53.2. The van der Waals surface area contributed by atoms with E-state index in [1.54, 1.807) is 27.7 Å². The highest BCUT2D eigenvalue weighted by atomic mass is 32.1. The van der Waals surface area contributed by atoms with Crippen molar-refractivity contribution < 1.29 is 58.5 Å². The molecule has 1 aliphatic rings. The van der Waals surface area contributed by atoms with Crippen LogP contribution in [0.1, 0.15) is 59.1 Å². The molecule has 13 N–H and O–H groups in total. The number of rotatable bonds is 26. The van der Waals surface area contributed by atoms with Crippen molar-refractivity contribution >= 4 is 78.5 Å². The van der Waals surface area contributed by atoms with Crippen molar-refractivity contribution in [1.82, 2.24) is 52.1 Å². The number of hydrogen-bond acceptors (Lipinski definition) is 15. The third-order valence-corrected chi connectivity index (χ3v) is 10.8. The molecule has 0 bridgehead atoms. The first-order chi connectivity index (χ1) is 29.3. The predicted octanol–water partition coefficient (Wildman–Crippen LogP) is -4.68. The van der Waals surface area contributed by atoms with Gasteiger partial charge in [-0.25, -0.2) is 9.78 Å². The van der Waals surface area contributed by atoms with Gasteiger partial charge in [-0.3, -0.25) is 38.4 Å². The van der Waals surface area contributed by atoms with Gasteiger partial charge in [0.2, 0.25) is 47.3 Å². The molecule has 0 radical (unpaired) electrons. The predicted molar refractivity (Wildman–Crippen MR) is 228 cm³/mol. The van der Waals surface area contributed by atoms with Gasteiger partial charge in [-0.05, 0) is 31.1 Å². The normalized spacial score (nSPS) is 17.5. The summed E-state index contributed by atoms with van der Waals surface area (Å²) in [5.74, 6) is -8.67. The van der Waals surface area contributed by atoms with Crippen LogP contribution < -0.4 is 43.0 Å². The molecule has 1 saturated heterocycles. The summed E-state index contributed by atoms with van der Waals surface area (Å²) in [5.41, 5.74) is 6.11. The molecule has 0 unspecified atom stereocenters. The molecule has 1 fully saturated rings.